The molecule has 1 saturated heterocycles. The fraction of sp³-hybridized carbons (Fsp3) is 0.200. The molecule has 0 radical (unpaired) electrons. The Kier molecular flexibility index (Phi) is 6.29. The molecule has 0 aliphatic carbocycles. The average Bonchev–Trinajstić information content (AvgIpc) is 3.47. The van der Waals surface area contributed by atoms with E-state index in [1.807, 2.05) is 6.07 Å². The van der Waals surface area contributed by atoms with Crippen LogP contribution in [-0.4, -0.2) is 52.0 Å². The largest absolute Gasteiger partial charge is 0.457 e. The number of aliphatic imine (C=N–C) groups is 1. The molecule has 5 rings (SSSR count). The standard InChI is InChI=1S/C25H22N4O4S/c30-24-23(16-21-10-11-22(33-21)19-6-8-20(9-7-19)29(31)32)34-25(26-24)28-14-12-27(13-15-28)17-18-4-2-1-3-5-18/h1-11,16H,12-15,17H2/b23-16+. The van der Waals surface area contributed by atoms with Crippen LogP contribution in [0.1, 0.15) is 11.3 Å². The highest BCUT2D eigenvalue weighted by atomic mass is 32.2. The number of carbonyl (C=O) groups excluding carboxylic acids is 1. The van der Waals surface area contributed by atoms with Crippen molar-refractivity contribution >= 4 is 34.6 Å². The summed E-state index contributed by atoms with van der Waals surface area (Å²) < 4.78 is 5.85. The lowest BCUT2D eigenvalue weighted by Crippen LogP contribution is -2.47. The summed E-state index contributed by atoms with van der Waals surface area (Å²) in [5.41, 5.74) is 2.05. The van der Waals surface area contributed by atoms with Gasteiger partial charge < -0.3 is 9.32 Å². The number of nitrogens with zero attached hydrogens (tertiary/aromatic N) is 4. The third kappa shape index (κ3) is 4.95. The number of piperazine rings is 1. The van der Waals surface area contributed by atoms with E-state index in [1.54, 1.807) is 30.3 Å². The number of amidine groups is 1. The Morgan fingerprint density at radius 1 is 1.00 bits per heavy atom. The lowest BCUT2D eigenvalue weighted by Gasteiger charge is -2.35. The fourth-order valence-corrected chi connectivity index (χ4v) is 4.88. The number of thioether (sulfide) groups is 1. The number of benzene rings is 2. The zero-order chi connectivity index (χ0) is 23.5. The van der Waals surface area contributed by atoms with Crippen LogP contribution < -0.4 is 0 Å². The summed E-state index contributed by atoms with van der Waals surface area (Å²) in [7, 11) is 0. The monoisotopic (exact) mass is 474 g/mol. The normalized spacial score (nSPS) is 17.9. The van der Waals surface area contributed by atoms with Crippen molar-refractivity contribution in [1.29, 1.82) is 0 Å². The van der Waals surface area contributed by atoms with Gasteiger partial charge in [-0.05, 0) is 41.6 Å². The molecule has 172 valence electrons. The molecule has 0 unspecified atom stereocenters. The number of rotatable bonds is 5. The summed E-state index contributed by atoms with van der Waals surface area (Å²) in [4.78, 5) is 32.2. The Morgan fingerprint density at radius 2 is 1.74 bits per heavy atom. The molecule has 0 saturated carbocycles. The molecule has 3 heterocycles. The van der Waals surface area contributed by atoms with Crippen LogP contribution in [0.25, 0.3) is 17.4 Å². The van der Waals surface area contributed by atoms with Gasteiger partial charge in [0.15, 0.2) is 5.17 Å². The zero-order valence-corrected chi connectivity index (χ0v) is 19.1. The summed E-state index contributed by atoms with van der Waals surface area (Å²) >= 11 is 1.37. The van der Waals surface area contributed by atoms with E-state index in [-0.39, 0.29) is 11.6 Å². The number of carbonyl (C=O) groups is 1. The number of non-ortho nitro benzene ring substituents is 1. The van der Waals surface area contributed by atoms with Gasteiger partial charge in [-0.2, -0.15) is 4.99 Å². The van der Waals surface area contributed by atoms with Gasteiger partial charge in [-0.1, -0.05) is 30.3 Å². The summed E-state index contributed by atoms with van der Waals surface area (Å²) in [6.45, 7) is 4.40. The second-order valence-electron chi connectivity index (χ2n) is 8.06. The van der Waals surface area contributed by atoms with Gasteiger partial charge in [0.1, 0.15) is 11.5 Å². The zero-order valence-electron chi connectivity index (χ0n) is 18.3. The number of amides is 1. The molecule has 2 aliphatic heterocycles. The average molecular weight is 475 g/mol. The quantitative estimate of drug-likeness (QED) is 0.302. The summed E-state index contributed by atoms with van der Waals surface area (Å²) in [5, 5.41) is 11.6. The number of hydrogen-bond donors (Lipinski definition) is 0. The molecule has 9 heteroatoms. The van der Waals surface area contributed by atoms with Crippen molar-refractivity contribution in [2.75, 3.05) is 26.2 Å². The van der Waals surface area contributed by atoms with E-state index in [4.69, 9.17) is 4.42 Å². The second-order valence-corrected chi connectivity index (χ2v) is 9.07. The Bertz CT molecular complexity index is 1260. The molecule has 0 bridgehead atoms. The van der Waals surface area contributed by atoms with E-state index in [0.717, 1.165) is 43.5 Å². The first kappa shape index (κ1) is 22.1. The first-order valence-corrected chi connectivity index (χ1v) is 11.8. The third-order valence-corrected chi connectivity index (χ3v) is 6.81. The minimum Gasteiger partial charge on any atom is -0.457 e. The molecule has 1 amide bonds. The SMILES string of the molecule is O=C1N=C(N2CCN(Cc3ccccc3)CC2)S/C1=C/c1ccc(-c2ccc([N+](=O)[O-])cc2)o1. The Balaban J connectivity index is 1.19. The molecule has 1 aromatic heterocycles. The molecule has 2 aliphatic rings. The molecule has 2 aromatic carbocycles. The third-order valence-electron chi connectivity index (χ3n) is 5.76. The van der Waals surface area contributed by atoms with E-state index in [9.17, 15) is 14.9 Å². The van der Waals surface area contributed by atoms with E-state index < -0.39 is 4.92 Å². The molecule has 0 N–H and O–H groups in total. The Labute approximate surface area is 200 Å². The minimum absolute atomic E-state index is 0.0242. The first-order valence-electron chi connectivity index (χ1n) is 10.9. The van der Waals surface area contributed by atoms with Crippen LogP contribution in [0, 0.1) is 10.1 Å². The van der Waals surface area contributed by atoms with Gasteiger partial charge in [-0.25, -0.2) is 0 Å². The first-order chi connectivity index (χ1) is 16.5. The van der Waals surface area contributed by atoms with Gasteiger partial charge in [-0.3, -0.25) is 19.8 Å². The topological polar surface area (TPSA) is 92.2 Å². The highest BCUT2D eigenvalue weighted by Gasteiger charge is 2.28. The van der Waals surface area contributed by atoms with E-state index in [1.165, 1.54) is 29.5 Å². The van der Waals surface area contributed by atoms with Crippen molar-refractivity contribution < 1.29 is 14.1 Å². The van der Waals surface area contributed by atoms with Gasteiger partial charge in [0.25, 0.3) is 11.6 Å². The van der Waals surface area contributed by atoms with Crippen LogP contribution >= 0.6 is 11.8 Å². The van der Waals surface area contributed by atoms with Gasteiger partial charge >= 0.3 is 0 Å². The highest BCUT2D eigenvalue weighted by Crippen LogP contribution is 2.32. The smallest absolute Gasteiger partial charge is 0.286 e. The maximum Gasteiger partial charge on any atom is 0.286 e. The maximum absolute atomic E-state index is 12.5. The molecule has 3 aromatic rings. The molecule has 34 heavy (non-hydrogen) atoms. The van der Waals surface area contributed by atoms with Gasteiger partial charge in [0.2, 0.25) is 0 Å². The van der Waals surface area contributed by atoms with Gasteiger partial charge in [0, 0.05) is 56.5 Å². The predicted molar refractivity (Wildman–Crippen MR) is 132 cm³/mol. The highest BCUT2D eigenvalue weighted by molar-refractivity contribution is 8.18. The van der Waals surface area contributed by atoms with Crippen LogP contribution in [0.5, 0.6) is 0 Å². The van der Waals surface area contributed by atoms with Crippen LogP contribution in [0.15, 0.2) is 81.0 Å². The van der Waals surface area contributed by atoms with Crippen LogP contribution in [0.4, 0.5) is 5.69 Å². The molecule has 0 atom stereocenters. The predicted octanol–water partition coefficient (Wildman–Crippen LogP) is 4.64. The molecular formula is C25H22N4O4S. The summed E-state index contributed by atoms with van der Waals surface area (Å²) in [5.74, 6) is 0.848. The van der Waals surface area contributed by atoms with Crippen molar-refractivity contribution in [3.8, 4) is 11.3 Å². The Hall–Kier alpha value is -3.69. The lowest BCUT2D eigenvalue weighted by molar-refractivity contribution is -0.384. The van der Waals surface area contributed by atoms with E-state index in [0.29, 0.717) is 16.4 Å². The summed E-state index contributed by atoms with van der Waals surface area (Å²) in [6.07, 6.45) is 1.70. The van der Waals surface area contributed by atoms with Crippen molar-refractivity contribution in [1.82, 2.24) is 9.80 Å². The second kappa shape index (κ2) is 9.66. The number of nitro groups is 1. The fourth-order valence-electron chi connectivity index (χ4n) is 3.93. The lowest BCUT2D eigenvalue weighted by atomic mass is 10.1. The number of furan rings is 1. The number of nitro benzene ring substituents is 1. The molecular weight excluding hydrogens is 452 g/mol. The van der Waals surface area contributed by atoms with Crippen LogP contribution in [0.2, 0.25) is 0 Å². The van der Waals surface area contributed by atoms with Crippen LogP contribution in [0.3, 0.4) is 0 Å². The van der Waals surface area contributed by atoms with E-state index >= 15 is 0 Å². The maximum atomic E-state index is 12.5. The molecule has 0 spiro atoms. The molecule has 8 nitrogen and oxygen atoms in total. The molecule has 1 fully saturated rings. The van der Waals surface area contributed by atoms with Gasteiger partial charge in [-0.15, -0.1) is 0 Å². The van der Waals surface area contributed by atoms with Crippen molar-refractivity contribution in [2.24, 2.45) is 4.99 Å². The Morgan fingerprint density at radius 3 is 2.44 bits per heavy atom. The van der Waals surface area contributed by atoms with Crippen LogP contribution in [-0.2, 0) is 11.3 Å². The van der Waals surface area contributed by atoms with E-state index in [2.05, 4.69) is 39.1 Å². The van der Waals surface area contributed by atoms with Gasteiger partial charge in [0.05, 0.1) is 9.83 Å². The number of hydrogen-bond acceptors (Lipinski definition) is 7. The van der Waals surface area contributed by atoms with Crippen molar-refractivity contribution in [3.05, 3.63) is 93.1 Å². The minimum atomic E-state index is -0.439. The van der Waals surface area contributed by atoms with Crippen molar-refractivity contribution in [3.63, 3.8) is 0 Å². The van der Waals surface area contributed by atoms with Crippen molar-refractivity contribution in [2.45, 2.75) is 6.54 Å². The summed E-state index contributed by atoms with van der Waals surface area (Å²) in [6, 6.07) is 20.1.